The van der Waals surface area contributed by atoms with Gasteiger partial charge in [-0.3, -0.25) is 0 Å². The Hall–Kier alpha value is -1.14. The molecule has 0 saturated carbocycles. The van der Waals surface area contributed by atoms with E-state index in [4.69, 9.17) is 14.8 Å². The molecule has 0 aliphatic carbocycles. The number of azide groups is 1. The highest BCUT2D eigenvalue weighted by atomic mass is 32.1. The smallest absolute Gasteiger partial charge is 0.399 e. The molecule has 0 aromatic heterocycles. The summed E-state index contributed by atoms with van der Waals surface area (Å²) in [6, 6.07) is 3.87. The Morgan fingerprint density at radius 2 is 1.81 bits per heavy atom. The van der Waals surface area contributed by atoms with Gasteiger partial charge in [0.05, 0.1) is 17.7 Å². The second-order valence-corrected chi connectivity index (χ2v) is 6.79. The molecule has 1 aliphatic rings. The first kappa shape index (κ1) is 16.2. The molecule has 1 saturated heterocycles. The quantitative estimate of drug-likeness (QED) is 0.306. The molecule has 1 aromatic carbocycles. The molecule has 0 unspecified atom stereocenters. The van der Waals surface area contributed by atoms with Crippen LogP contribution in [0.2, 0.25) is 0 Å². The fourth-order valence-corrected chi connectivity index (χ4v) is 2.50. The van der Waals surface area contributed by atoms with Gasteiger partial charge in [0.1, 0.15) is 0 Å². The molecule has 1 heterocycles. The Morgan fingerprint density at radius 1 is 1.24 bits per heavy atom. The normalized spacial score (nSPS) is 19.4. The predicted molar refractivity (Wildman–Crippen MR) is 87.0 cm³/mol. The molecular weight excluding hydrogens is 285 g/mol. The van der Waals surface area contributed by atoms with Gasteiger partial charge in [-0.2, -0.15) is 0 Å². The van der Waals surface area contributed by atoms with Gasteiger partial charge in [-0.1, -0.05) is 11.2 Å². The zero-order valence-electron chi connectivity index (χ0n) is 13.0. The summed E-state index contributed by atoms with van der Waals surface area (Å²) in [5, 5.41) is 3.60. The van der Waals surface area contributed by atoms with Gasteiger partial charge >= 0.3 is 7.12 Å². The SMILES string of the molecule is Cc1c(S)cc(CN=[N+]=[N-])cc1B1OC(C)(C)C(C)(C)O1. The van der Waals surface area contributed by atoms with Gasteiger partial charge < -0.3 is 9.31 Å². The van der Waals surface area contributed by atoms with Crippen LogP contribution >= 0.6 is 12.6 Å². The van der Waals surface area contributed by atoms with Crippen LogP contribution in [-0.2, 0) is 15.9 Å². The molecule has 2 rings (SSSR count). The number of rotatable bonds is 3. The van der Waals surface area contributed by atoms with Crippen molar-refractivity contribution in [3.63, 3.8) is 0 Å². The summed E-state index contributed by atoms with van der Waals surface area (Å²) < 4.78 is 12.2. The lowest BCUT2D eigenvalue weighted by atomic mass is 9.75. The van der Waals surface area contributed by atoms with Crippen molar-refractivity contribution in [3.8, 4) is 0 Å². The highest BCUT2D eigenvalue weighted by molar-refractivity contribution is 7.80. The monoisotopic (exact) mass is 305 g/mol. The van der Waals surface area contributed by atoms with Crippen molar-refractivity contribution in [3.05, 3.63) is 33.7 Å². The molecule has 5 nitrogen and oxygen atoms in total. The van der Waals surface area contributed by atoms with Gasteiger partial charge in [0.2, 0.25) is 0 Å². The van der Waals surface area contributed by atoms with E-state index in [9.17, 15) is 0 Å². The lowest BCUT2D eigenvalue weighted by Crippen LogP contribution is -2.41. The second-order valence-electron chi connectivity index (χ2n) is 6.31. The van der Waals surface area contributed by atoms with Gasteiger partial charge in [0.15, 0.2) is 0 Å². The van der Waals surface area contributed by atoms with E-state index < -0.39 is 7.12 Å². The van der Waals surface area contributed by atoms with Gasteiger partial charge in [-0.15, -0.1) is 12.6 Å². The first-order chi connectivity index (χ1) is 9.68. The summed E-state index contributed by atoms with van der Waals surface area (Å²) in [6.45, 7) is 10.4. The fourth-order valence-electron chi connectivity index (χ4n) is 2.20. The van der Waals surface area contributed by atoms with Crippen molar-refractivity contribution in [2.45, 2.75) is 57.3 Å². The topological polar surface area (TPSA) is 67.2 Å². The molecule has 7 heteroatoms. The summed E-state index contributed by atoms with van der Waals surface area (Å²) in [7, 11) is -0.438. The first-order valence-electron chi connectivity index (χ1n) is 6.87. The van der Waals surface area contributed by atoms with E-state index in [-0.39, 0.29) is 17.7 Å². The lowest BCUT2D eigenvalue weighted by Gasteiger charge is -2.32. The lowest BCUT2D eigenvalue weighted by molar-refractivity contribution is 0.00578. The van der Waals surface area contributed by atoms with Crippen molar-refractivity contribution >= 4 is 25.2 Å². The van der Waals surface area contributed by atoms with Crippen molar-refractivity contribution in [1.82, 2.24) is 0 Å². The van der Waals surface area contributed by atoms with Crippen LogP contribution in [0.4, 0.5) is 0 Å². The average molecular weight is 305 g/mol. The van der Waals surface area contributed by atoms with Crippen molar-refractivity contribution in [2.24, 2.45) is 5.11 Å². The van der Waals surface area contributed by atoms with Crippen LogP contribution in [0.5, 0.6) is 0 Å². The molecule has 0 N–H and O–H groups in total. The fraction of sp³-hybridized carbons (Fsp3) is 0.571. The minimum Gasteiger partial charge on any atom is -0.399 e. The maximum Gasteiger partial charge on any atom is 0.495 e. The number of benzene rings is 1. The number of hydrogen-bond donors (Lipinski definition) is 1. The van der Waals surface area contributed by atoms with E-state index >= 15 is 0 Å². The molecule has 0 atom stereocenters. The van der Waals surface area contributed by atoms with E-state index in [0.29, 0.717) is 0 Å². The Kier molecular flexibility index (Phi) is 4.31. The van der Waals surface area contributed by atoms with Crippen LogP contribution in [0.1, 0.15) is 38.8 Å². The molecule has 0 amide bonds. The standard InChI is InChI=1S/C14H20BN3O2S/c1-9-11(6-10(7-12(9)21)8-17-18-16)15-19-13(2,3)14(4,5)20-15/h6-7,21H,8H2,1-5H3. The molecule has 1 aliphatic heterocycles. The molecule has 1 fully saturated rings. The third-order valence-electron chi connectivity index (χ3n) is 4.30. The molecule has 0 radical (unpaired) electrons. The molecule has 112 valence electrons. The van der Waals surface area contributed by atoms with E-state index in [1.165, 1.54) is 0 Å². The maximum absolute atomic E-state index is 8.46. The van der Waals surface area contributed by atoms with Gasteiger partial charge in [-0.05, 0) is 62.8 Å². The van der Waals surface area contributed by atoms with Crippen molar-refractivity contribution in [2.75, 3.05) is 0 Å². The summed E-state index contributed by atoms with van der Waals surface area (Å²) in [6.07, 6.45) is 0. The molecular formula is C14H20BN3O2S. The zero-order valence-corrected chi connectivity index (χ0v) is 13.9. The second kappa shape index (κ2) is 5.57. The maximum atomic E-state index is 8.46. The third-order valence-corrected chi connectivity index (χ3v) is 4.77. The minimum absolute atomic E-state index is 0.289. The molecule has 0 bridgehead atoms. The number of nitrogens with zero attached hydrogens (tertiary/aromatic N) is 3. The van der Waals surface area contributed by atoms with E-state index in [2.05, 4.69) is 22.7 Å². The third kappa shape index (κ3) is 3.06. The molecule has 1 aromatic rings. The Bertz CT molecular complexity index is 596. The van der Waals surface area contributed by atoms with Crippen LogP contribution < -0.4 is 5.46 Å². The Labute approximate surface area is 131 Å². The molecule has 21 heavy (non-hydrogen) atoms. The van der Waals surface area contributed by atoms with Gasteiger partial charge in [0.25, 0.3) is 0 Å². The Morgan fingerprint density at radius 3 is 2.33 bits per heavy atom. The molecule has 0 spiro atoms. The predicted octanol–water partition coefficient (Wildman–Crippen LogP) is 3.39. The highest BCUT2D eigenvalue weighted by Crippen LogP contribution is 2.37. The zero-order chi connectivity index (χ0) is 15.8. The van der Waals surface area contributed by atoms with Crippen LogP contribution in [-0.4, -0.2) is 18.3 Å². The first-order valence-corrected chi connectivity index (χ1v) is 7.31. The van der Waals surface area contributed by atoms with E-state index in [1.807, 2.05) is 46.8 Å². The van der Waals surface area contributed by atoms with Crippen molar-refractivity contribution < 1.29 is 9.31 Å². The number of thiol groups is 1. The van der Waals surface area contributed by atoms with E-state index in [1.54, 1.807) is 0 Å². The van der Waals surface area contributed by atoms with E-state index in [0.717, 1.165) is 21.5 Å². The summed E-state index contributed by atoms with van der Waals surface area (Å²) in [5.41, 5.74) is 10.5. The van der Waals surface area contributed by atoms with Crippen molar-refractivity contribution in [1.29, 1.82) is 0 Å². The number of hydrogen-bond acceptors (Lipinski definition) is 4. The van der Waals surface area contributed by atoms with Crippen LogP contribution in [0.25, 0.3) is 10.4 Å². The Balaban J connectivity index is 2.40. The van der Waals surface area contributed by atoms with Gasteiger partial charge in [0, 0.05) is 9.81 Å². The summed E-state index contributed by atoms with van der Waals surface area (Å²) >= 11 is 4.49. The highest BCUT2D eigenvalue weighted by Gasteiger charge is 2.52. The van der Waals surface area contributed by atoms with Crippen LogP contribution in [0.15, 0.2) is 22.1 Å². The van der Waals surface area contributed by atoms with Gasteiger partial charge in [-0.25, -0.2) is 0 Å². The largest absolute Gasteiger partial charge is 0.495 e. The minimum atomic E-state index is -0.438. The summed E-state index contributed by atoms with van der Waals surface area (Å²) in [4.78, 5) is 3.63. The summed E-state index contributed by atoms with van der Waals surface area (Å²) in [5.74, 6) is 0. The van der Waals surface area contributed by atoms with Crippen LogP contribution in [0.3, 0.4) is 0 Å². The van der Waals surface area contributed by atoms with Crippen LogP contribution in [0, 0.1) is 6.92 Å². The average Bonchev–Trinajstić information content (AvgIpc) is 2.59.